The lowest BCUT2D eigenvalue weighted by atomic mass is 9.98. The van der Waals surface area contributed by atoms with Crippen LogP contribution in [0.2, 0.25) is 0 Å². The fraction of sp³-hybridized carbons (Fsp3) is 0.379. The highest BCUT2D eigenvalue weighted by Gasteiger charge is 2.22. The van der Waals surface area contributed by atoms with Gasteiger partial charge in [-0.3, -0.25) is 9.59 Å². The summed E-state index contributed by atoms with van der Waals surface area (Å²) < 4.78 is 20.5. The van der Waals surface area contributed by atoms with Crippen LogP contribution in [0.3, 0.4) is 0 Å². The topological polar surface area (TPSA) is 82.7 Å². The highest BCUT2D eigenvalue weighted by Crippen LogP contribution is 2.32. The fourth-order valence-corrected chi connectivity index (χ4v) is 5.02. The van der Waals surface area contributed by atoms with Gasteiger partial charge in [0.05, 0.1) is 12.6 Å². The first-order chi connectivity index (χ1) is 18.0. The third-order valence-electron chi connectivity index (χ3n) is 7.22. The molecule has 2 aliphatic rings. The van der Waals surface area contributed by atoms with Crippen LogP contribution in [0.1, 0.15) is 36.5 Å². The van der Waals surface area contributed by atoms with Gasteiger partial charge in [0.2, 0.25) is 5.91 Å². The molecule has 194 valence electrons. The van der Waals surface area contributed by atoms with E-state index in [4.69, 9.17) is 4.74 Å². The molecule has 2 amide bonds. The summed E-state index contributed by atoms with van der Waals surface area (Å²) in [6, 6.07) is 15.6. The van der Waals surface area contributed by atoms with E-state index in [9.17, 15) is 14.0 Å². The molecule has 2 aliphatic heterocycles. The molecule has 2 fully saturated rings. The average molecular weight is 505 g/mol. The number of fused-ring (bicyclic) bond motifs is 1. The molecule has 8 heteroatoms. The molecule has 2 saturated heterocycles. The van der Waals surface area contributed by atoms with Gasteiger partial charge in [0.25, 0.3) is 5.91 Å². The number of hydrogen-bond acceptors (Lipinski definition) is 5. The van der Waals surface area contributed by atoms with E-state index in [2.05, 4.69) is 27.8 Å². The van der Waals surface area contributed by atoms with Crippen molar-refractivity contribution in [3.05, 3.63) is 66.0 Å². The molecule has 0 aromatic heterocycles. The number of anilines is 2. The van der Waals surface area contributed by atoms with Gasteiger partial charge in [-0.15, -0.1) is 0 Å². The molecule has 0 saturated carbocycles. The van der Waals surface area contributed by atoms with Crippen LogP contribution in [-0.2, 0) is 4.79 Å². The Kier molecular flexibility index (Phi) is 7.55. The van der Waals surface area contributed by atoms with Gasteiger partial charge in [-0.25, -0.2) is 4.39 Å². The number of piperazine rings is 1. The molecule has 3 aromatic rings. The first-order valence-corrected chi connectivity index (χ1v) is 13.0. The number of piperidine rings is 1. The van der Waals surface area contributed by atoms with E-state index in [-0.39, 0.29) is 23.4 Å². The summed E-state index contributed by atoms with van der Waals surface area (Å²) in [5, 5.41) is 10.7. The zero-order valence-corrected chi connectivity index (χ0v) is 21.1. The molecule has 37 heavy (non-hydrogen) atoms. The van der Waals surface area contributed by atoms with Crippen molar-refractivity contribution < 1.29 is 18.7 Å². The molecule has 3 aromatic carbocycles. The van der Waals surface area contributed by atoms with E-state index in [1.54, 1.807) is 12.1 Å². The predicted molar refractivity (Wildman–Crippen MR) is 144 cm³/mol. The van der Waals surface area contributed by atoms with Crippen molar-refractivity contribution in [2.24, 2.45) is 5.92 Å². The Morgan fingerprint density at radius 2 is 1.86 bits per heavy atom. The van der Waals surface area contributed by atoms with Gasteiger partial charge in [-0.1, -0.05) is 31.2 Å². The molecular formula is C29H33FN4O3. The second-order valence-electron chi connectivity index (χ2n) is 9.91. The monoisotopic (exact) mass is 504 g/mol. The van der Waals surface area contributed by atoms with Gasteiger partial charge in [0.15, 0.2) is 0 Å². The Morgan fingerprint density at radius 1 is 1.08 bits per heavy atom. The number of nitrogens with zero attached hydrogens (tertiary/aromatic N) is 1. The van der Waals surface area contributed by atoms with Crippen LogP contribution in [0, 0.1) is 11.7 Å². The van der Waals surface area contributed by atoms with Crippen LogP contribution in [0.15, 0.2) is 54.6 Å². The van der Waals surface area contributed by atoms with Crippen molar-refractivity contribution in [1.82, 2.24) is 10.6 Å². The van der Waals surface area contributed by atoms with E-state index < -0.39 is 5.82 Å². The Hall–Kier alpha value is -3.65. The first-order valence-electron chi connectivity index (χ1n) is 13.0. The third kappa shape index (κ3) is 5.85. The van der Waals surface area contributed by atoms with E-state index in [0.717, 1.165) is 48.9 Å². The SMILES string of the molecule is CC1CCN(c2cc(F)cc(C(=O)Nc3ccc(OCCC4NCCNC4=O)c4ccccc34)c2)CC1. The van der Waals surface area contributed by atoms with Gasteiger partial charge in [0.1, 0.15) is 11.6 Å². The lowest BCUT2D eigenvalue weighted by molar-refractivity contribution is -0.124. The lowest BCUT2D eigenvalue weighted by Crippen LogP contribution is -2.53. The maximum atomic E-state index is 14.5. The van der Waals surface area contributed by atoms with Gasteiger partial charge < -0.3 is 25.6 Å². The van der Waals surface area contributed by atoms with Gasteiger partial charge in [-0.05, 0) is 49.1 Å². The number of hydrogen-bond donors (Lipinski definition) is 3. The molecule has 1 unspecified atom stereocenters. The van der Waals surface area contributed by atoms with Crippen LogP contribution in [-0.4, -0.2) is 50.6 Å². The van der Waals surface area contributed by atoms with Gasteiger partial charge in [-0.2, -0.15) is 0 Å². The third-order valence-corrected chi connectivity index (χ3v) is 7.22. The summed E-state index contributed by atoms with van der Waals surface area (Å²) in [7, 11) is 0. The van der Waals surface area contributed by atoms with E-state index in [0.29, 0.717) is 36.9 Å². The Bertz CT molecular complexity index is 1290. The fourth-order valence-electron chi connectivity index (χ4n) is 5.02. The lowest BCUT2D eigenvalue weighted by Gasteiger charge is -2.32. The molecule has 3 N–H and O–H groups in total. The quantitative estimate of drug-likeness (QED) is 0.446. The van der Waals surface area contributed by atoms with Crippen molar-refractivity contribution in [1.29, 1.82) is 0 Å². The highest BCUT2D eigenvalue weighted by molar-refractivity contribution is 6.10. The molecule has 5 rings (SSSR count). The number of halogens is 1. The standard InChI is InChI=1S/C29H33FN4O3/c1-19-8-13-34(14-9-19)22-17-20(16-21(30)18-22)28(35)33-25-6-7-27(24-5-3-2-4-23(24)25)37-15-10-26-29(36)32-12-11-31-26/h2-7,16-19,26,31H,8-15H2,1H3,(H,32,36)(H,33,35). The summed E-state index contributed by atoms with van der Waals surface area (Å²) in [6.07, 6.45) is 2.67. The number of ether oxygens (including phenoxy) is 1. The predicted octanol–water partition coefficient (Wildman–Crippen LogP) is 4.32. The number of rotatable bonds is 7. The molecule has 0 radical (unpaired) electrons. The zero-order chi connectivity index (χ0) is 25.8. The van der Waals surface area contributed by atoms with Crippen molar-refractivity contribution >= 4 is 34.0 Å². The van der Waals surface area contributed by atoms with Crippen LogP contribution < -0.4 is 25.6 Å². The normalized spacial score (nSPS) is 18.5. The number of nitrogens with one attached hydrogen (secondary N) is 3. The van der Waals surface area contributed by atoms with Crippen LogP contribution in [0.4, 0.5) is 15.8 Å². The Morgan fingerprint density at radius 3 is 2.65 bits per heavy atom. The number of carbonyl (C=O) groups excluding carboxylic acids is 2. The molecule has 0 spiro atoms. The molecular weight excluding hydrogens is 471 g/mol. The molecule has 7 nitrogen and oxygen atoms in total. The summed E-state index contributed by atoms with van der Waals surface area (Å²) >= 11 is 0. The molecule has 0 bridgehead atoms. The van der Waals surface area contributed by atoms with Crippen molar-refractivity contribution in [2.75, 3.05) is 43.0 Å². The largest absolute Gasteiger partial charge is 0.493 e. The van der Waals surface area contributed by atoms with E-state index >= 15 is 0 Å². The van der Waals surface area contributed by atoms with Crippen LogP contribution in [0.25, 0.3) is 10.8 Å². The molecule has 1 atom stereocenters. The summed E-state index contributed by atoms with van der Waals surface area (Å²) in [6.45, 7) is 5.72. The second kappa shape index (κ2) is 11.2. The van der Waals surface area contributed by atoms with Gasteiger partial charge in [0, 0.05) is 60.3 Å². The highest BCUT2D eigenvalue weighted by atomic mass is 19.1. The summed E-state index contributed by atoms with van der Waals surface area (Å²) in [5.41, 5.74) is 1.65. The average Bonchev–Trinajstić information content (AvgIpc) is 2.91. The second-order valence-corrected chi connectivity index (χ2v) is 9.91. The number of benzene rings is 3. The minimum absolute atomic E-state index is 0.00637. The van der Waals surface area contributed by atoms with Crippen molar-refractivity contribution in [2.45, 2.75) is 32.2 Å². The minimum Gasteiger partial charge on any atom is -0.493 e. The minimum atomic E-state index is -0.420. The Labute approximate surface area is 216 Å². The summed E-state index contributed by atoms with van der Waals surface area (Å²) in [4.78, 5) is 27.3. The van der Waals surface area contributed by atoms with Crippen LogP contribution in [0.5, 0.6) is 5.75 Å². The Balaban J connectivity index is 1.31. The maximum Gasteiger partial charge on any atom is 0.255 e. The smallest absolute Gasteiger partial charge is 0.255 e. The van der Waals surface area contributed by atoms with E-state index in [1.165, 1.54) is 12.1 Å². The van der Waals surface area contributed by atoms with E-state index in [1.807, 2.05) is 30.3 Å². The maximum absolute atomic E-state index is 14.5. The number of amides is 2. The van der Waals surface area contributed by atoms with Gasteiger partial charge >= 0.3 is 0 Å². The first kappa shape index (κ1) is 25.0. The zero-order valence-electron chi connectivity index (χ0n) is 21.1. The number of carbonyl (C=O) groups is 2. The summed E-state index contributed by atoms with van der Waals surface area (Å²) in [5.74, 6) is 0.553. The molecule has 2 heterocycles. The van der Waals surface area contributed by atoms with Crippen LogP contribution >= 0.6 is 0 Å². The van der Waals surface area contributed by atoms with Crippen molar-refractivity contribution in [3.63, 3.8) is 0 Å². The van der Waals surface area contributed by atoms with Crippen molar-refractivity contribution in [3.8, 4) is 5.75 Å². The molecule has 0 aliphatic carbocycles.